The van der Waals surface area contributed by atoms with E-state index in [-0.39, 0.29) is 24.4 Å². The van der Waals surface area contributed by atoms with Gasteiger partial charge in [0.1, 0.15) is 11.6 Å². The molecule has 0 bridgehead atoms. The van der Waals surface area contributed by atoms with E-state index in [1.165, 1.54) is 12.1 Å². The number of rotatable bonds is 5. The Hall–Kier alpha value is -2.32. The largest absolute Gasteiger partial charge is 0.395 e. The number of aromatic nitrogens is 3. The molecule has 122 valence electrons. The first kappa shape index (κ1) is 15.6. The molecule has 1 aliphatic heterocycles. The van der Waals surface area contributed by atoms with E-state index in [9.17, 15) is 9.50 Å². The molecule has 3 rings (SSSR count). The molecule has 0 saturated carbocycles. The minimum atomic E-state index is -0.310. The van der Waals surface area contributed by atoms with Crippen molar-refractivity contribution in [1.82, 2.24) is 19.9 Å². The molecule has 8 heteroatoms. The number of nitrogens with zero attached hydrogens (tertiary/aromatic N) is 4. The van der Waals surface area contributed by atoms with E-state index in [0.29, 0.717) is 24.0 Å². The third-order valence-corrected chi connectivity index (χ3v) is 3.85. The van der Waals surface area contributed by atoms with Crippen molar-refractivity contribution in [3.63, 3.8) is 0 Å². The summed E-state index contributed by atoms with van der Waals surface area (Å²) in [6.07, 6.45) is 2.02. The van der Waals surface area contributed by atoms with E-state index in [2.05, 4.69) is 25.2 Å². The topological polar surface area (TPSA) is 100 Å². The molecule has 23 heavy (non-hydrogen) atoms. The Morgan fingerprint density at radius 3 is 2.78 bits per heavy atom. The van der Waals surface area contributed by atoms with Crippen molar-refractivity contribution >= 4 is 17.6 Å². The van der Waals surface area contributed by atoms with Gasteiger partial charge in [0.25, 0.3) is 0 Å². The molecule has 0 amide bonds. The van der Waals surface area contributed by atoms with Gasteiger partial charge >= 0.3 is 0 Å². The molecule has 0 spiro atoms. The molecule has 1 saturated heterocycles. The predicted molar refractivity (Wildman–Crippen MR) is 84.4 cm³/mol. The van der Waals surface area contributed by atoms with Gasteiger partial charge in [0.15, 0.2) is 0 Å². The molecular formula is C15H19FN6O. The maximum absolute atomic E-state index is 12.9. The number of likely N-dealkylation sites (tertiary alicyclic amines) is 1. The molecule has 4 N–H and O–H groups in total. The fraction of sp³-hybridized carbons (Fsp3) is 0.400. The SMILES string of the molecule is Nc1nc(CN2CCC[C@@H]2CO)nc(Nc2ccc(F)cc2)n1. The van der Waals surface area contributed by atoms with E-state index < -0.39 is 0 Å². The Kier molecular flexibility index (Phi) is 4.63. The molecule has 1 fully saturated rings. The standard InChI is InChI=1S/C15H19FN6O/c16-10-3-5-11(6-4-10)18-15-20-13(19-14(17)21-15)8-22-7-1-2-12(22)9-23/h3-6,12,23H,1-2,7-9H2,(H3,17,18,19,20,21)/t12-/m1/s1. The molecule has 2 aromatic rings. The highest BCUT2D eigenvalue weighted by molar-refractivity contribution is 5.53. The van der Waals surface area contributed by atoms with Gasteiger partial charge in [0.2, 0.25) is 11.9 Å². The van der Waals surface area contributed by atoms with Gasteiger partial charge in [-0.25, -0.2) is 4.39 Å². The zero-order valence-corrected chi connectivity index (χ0v) is 12.6. The van der Waals surface area contributed by atoms with Crippen molar-refractivity contribution in [2.45, 2.75) is 25.4 Å². The smallest absolute Gasteiger partial charge is 0.232 e. The Balaban J connectivity index is 1.74. The van der Waals surface area contributed by atoms with E-state index in [1.807, 2.05) is 0 Å². The second-order valence-electron chi connectivity index (χ2n) is 5.51. The van der Waals surface area contributed by atoms with Gasteiger partial charge in [-0.05, 0) is 43.7 Å². The molecule has 1 atom stereocenters. The summed E-state index contributed by atoms with van der Waals surface area (Å²) in [4.78, 5) is 14.7. The average Bonchev–Trinajstić information content (AvgIpc) is 2.96. The van der Waals surface area contributed by atoms with Crippen LogP contribution in [-0.4, -0.2) is 44.2 Å². The number of hydrogen-bond acceptors (Lipinski definition) is 7. The Labute approximate surface area is 133 Å². The van der Waals surface area contributed by atoms with Crippen LogP contribution in [0.4, 0.5) is 22.0 Å². The number of nitrogens with one attached hydrogen (secondary N) is 1. The summed E-state index contributed by atoms with van der Waals surface area (Å²) in [5, 5.41) is 12.4. The molecule has 2 heterocycles. The van der Waals surface area contributed by atoms with Crippen molar-refractivity contribution in [3.8, 4) is 0 Å². The first-order chi connectivity index (χ1) is 11.1. The highest BCUT2D eigenvalue weighted by Gasteiger charge is 2.24. The number of hydrogen-bond donors (Lipinski definition) is 3. The zero-order chi connectivity index (χ0) is 16.2. The maximum Gasteiger partial charge on any atom is 0.232 e. The van der Waals surface area contributed by atoms with E-state index >= 15 is 0 Å². The number of benzene rings is 1. The van der Waals surface area contributed by atoms with E-state index in [4.69, 9.17) is 5.73 Å². The van der Waals surface area contributed by atoms with Crippen LogP contribution < -0.4 is 11.1 Å². The summed E-state index contributed by atoms with van der Waals surface area (Å²) in [5.41, 5.74) is 6.41. The highest BCUT2D eigenvalue weighted by Crippen LogP contribution is 2.19. The Bertz CT molecular complexity index is 666. The van der Waals surface area contributed by atoms with Gasteiger partial charge in [-0.15, -0.1) is 0 Å². The van der Waals surface area contributed by atoms with Crippen molar-refractivity contribution in [1.29, 1.82) is 0 Å². The summed E-state index contributed by atoms with van der Waals surface area (Å²) in [7, 11) is 0. The van der Waals surface area contributed by atoms with Crippen LogP contribution in [0.25, 0.3) is 0 Å². The number of halogens is 1. The summed E-state index contributed by atoms with van der Waals surface area (Å²) >= 11 is 0. The molecule has 0 aliphatic carbocycles. The van der Waals surface area contributed by atoms with Crippen molar-refractivity contribution in [2.24, 2.45) is 0 Å². The quantitative estimate of drug-likeness (QED) is 0.764. The van der Waals surface area contributed by atoms with Crippen molar-refractivity contribution in [2.75, 3.05) is 24.2 Å². The molecular weight excluding hydrogens is 299 g/mol. The fourth-order valence-corrected chi connectivity index (χ4v) is 2.72. The molecule has 0 unspecified atom stereocenters. The molecule has 0 radical (unpaired) electrons. The lowest BCUT2D eigenvalue weighted by atomic mass is 10.2. The minimum absolute atomic E-state index is 0.124. The monoisotopic (exact) mass is 318 g/mol. The zero-order valence-electron chi connectivity index (χ0n) is 12.6. The third kappa shape index (κ3) is 3.91. The number of anilines is 3. The summed E-state index contributed by atoms with van der Waals surface area (Å²) in [5.74, 6) is 0.677. The van der Waals surface area contributed by atoms with Gasteiger partial charge in [-0.1, -0.05) is 0 Å². The number of nitrogen functional groups attached to an aromatic ring is 1. The van der Waals surface area contributed by atoms with Crippen molar-refractivity contribution in [3.05, 3.63) is 35.9 Å². The summed E-state index contributed by atoms with van der Waals surface area (Å²) < 4.78 is 12.9. The lowest BCUT2D eigenvalue weighted by molar-refractivity contribution is 0.151. The lowest BCUT2D eigenvalue weighted by Gasteiger charge is -2.21. The third-order valence-electron chi connectivity index (χ3n) is 3.85. The second-order valence-corrected chi connectivity index (χ2v) is 5.51. The Morgan fingerprint density at radius 1 is 1.26 bits per heavy atom. The molecule has 1 aromatic carbocycles. The second kappa shape index (κ2) is 6.84. The van der Waals surface area contributed by atoms with Gasteiger partial charge in [-0.3, -0.25) is 4.90 Å². The van der Waals surface area contributed by atoms with Crippen LogP contribution in [0.3, 0.4) is 0 Å². The highest BCUT2D eigenvalue weighted by atomic mass is 19.1. The predicted octanol–water partition coefficient (Wildman–Crippen LogP) is 1.29. The van der Waals surface area contributed by atoms with Crippen LogP contribution in [0, 0.1) is 5.82 Å². The van der Waals surface area contributed by atoms with Crippen LogP contribution in [0.15, 0.2) is 24.3 Å². The lowest BCUT2D eigenvalue weighted by Crippen LogP contribution is -2.32. The Morgan fingerprint density at radius 2 is 2.04 bits per heavy atom. The van der Waals surface area contributed by atoms with E-state index in [0.717, 1.165) is 19.4 Å². The van der Waals surface area contributed by atoms with Gasteiger partial charge in [0.05, 0.1) is 13.2 Å². The number of aliphatic hydroxyl groups excluding tert-OH is 1. The number of nitrogens with two attached hydrogens (primary N) is 1. The van der Waals surface area contributed by atoms with Crippen LogP contribution in [0.1, 0.15) is 18.7 Å². The van der Waals surface area contributed by atoms with Gasteiger partial charge < -0.3 is 16.2 Å². The van der Waals surface area contributed by atoms with Gasteiger partial charge in [-0.2, -0.15) is 15.0 Å². The van der Waals surface area contributed by atoms with Crippen molar-refractivity contribution < 1.29 is 9.50 Å². The van der Waals surface area contributed by atoms with Crippen LogP contribution >= 0.6 is 0 Å². The van der Waals surface area contributed by atoms with Gasteiger partial charge in [0, 0.05) is 11.7 Å². The fourth-order valence-electron chi connectivity index (χ4n) is 2.72. The molecule has 1 aliphatic rings. The number of aliphatic hydroxyl groups is 1. The summed E-state index contributed by atoms with van der Waals surface area (Å²) in [6, 6.07) is 6.03. The summed E-state index contributed by atoms with van der Waals surface area (Å²) in [6.45, 7) is 1.54. The molecule has 1 aromatic heterocycles. The first-order valence-electron chi connectivity index (χ1n) is 7.52. The average molecular weight is 318 g/mol. The van der Waals surface area contributed by atoms with E-state index in [1.54, 1.807) is 12.1 Å². The first-order valence-corrected chi connectivity index (χ1v) is 7.52. The van der Waals surface area contributed by atoms with Crippen LogP contribution in [0.5, 0.6) is 0 Å². The van der Waals surface area contributed by atoms with Crippen LogP contribution in [0.2, 0.25) is 0 Å². The minimum Gasteiger partial charge on any atom is -0.395 e. The molecule has 7 nitrogen and oxygen atoms in total. The normalized spacial score (nSPS) is 18.3. The maximum atomic E-state index is 12.9. The van der Waals surface area contributed by atoms with Crippen LogP contribution in [-0.2, 0) is 6.54 Å².